The molecule has 0 aromatic heterocycles. The van der Waals surface area contributed by atoms with Gasteiger partial charge in [-0.1, -0.05) is 31.4 Å². The molecule has 1 saturated carbocycles. The summed E-state index contributed by atoms with van der Waals surface area (Å²) in [4.78, 5) is 28.7. The number of nitrogens with zero attached hydrogens (tertiary/aromatic N) is 2. The first-order valence-electron chi connectivity index (χ1n) is 12.7. The van der Waals surface area contributed by atoms with Crippen molar-refractivity contribution in [1.29, 1.82) is 0 Å². The zero-order chi connectivity index (χ0) is 23.4. The lowest BCUT2D eigenvalue weighted by molar-refractivity contribution is -0.143. The second kappa shape index (κ2) is 11.0. The maximum atomic E-state index is 12.8. The highest BCUT2D eigenvalue weighted by Gasteiger charge is 2.41. The molecule has 3 aliphatic rings. The van der Waals surface area contributed by atoms with Gasteiger partial charge in [-0.05, 0) is 68.1 Å². The van der Waals surface area contributed by atoms with E-state index in [1.165, 1.54) is 24.8 Å². The van der Waals surface area contributed by atoms with E-state index in [9.17, 15) is 19.8 Å². The van der Waals surface area contributed by atoms with Gasteiger partial charge < -0.3 is 20.8 Å². The fraction of sp³-hybridized carbons (Fsp3) is 0.692. The summed E-state index contributed by atoms with van der Waals surface area (Å²) in [5.74, 6) is 0.196. The molecule has 3 fully saturated rings. The Hall–Kier alpha value is -1.96. The number of carbonyl (C=O) groups is 2. The Balaban J connectivity index is 1.38. The summed E-state index contributed by atoms with van der Waals surface area (Å²) < 4.78 is 0. The standard InChI is InChI=1S/C26H39N3O4/c27-25(32)20-8-4-7-19(13-20)21-14-22-9-10-23(15-21)29(22)12-11-28(26(33)24(31)17-30)16-18-5-2-1-3-6-18/h4,7-8,13,18,21-24,30-31H,1-3,5-6,9-12,14-17H2,(H2,27,32)/t21?,22?,23?,24-/m0/s1. The van der Waals surface area contributed by atoms with Crippen molar-refractivity contribution in [2.45, 2.75) is 81.9 Å². The minimum atomic E-state index is -1.33. The monoisotopic (exact) mass is 457 g/mol. The molecule has 1 aromatic rings. The predicted octanol–water partition coefficient (Wildman–Crippen LogP) is 2.26. The van der Waals surface area contributed by atoms with Gasteiger partial charge in [-0.15, -0.1) is 0 Å². The van der Waals surface area contributed by atoms with Gasteiger partial charge >= 0.3 is 0 Å². The van der Waals surface area contributed by atoms with Crippen molar-refractivity contribution >= 4 is 11.8 Å². The highest BCUT2D eigenvalue weighted by molar-refractivity contribution is 5.92. The summed E-state index contributed by atoms with van der Waals surface area (Å²) in [6.07, 6.45) is 9.06. The molecule has 2 heterocycles. The number of hydrogen-bond acceptors (Lipinski definition) is 5. The Morgan fingerprint density at radius 1 is 1.09 bits per heavy atom. The average Bonchev–Trinajstić information content (AvgIpc) is 3.07. The van der Waals surface area contributed by atoms with Crippen LogP contribution in [0.5, 0.6) is 0 Å². The Bertz CT molecular complexity index is 812. The van der Waals surface area contributed by atoms with Crippen molar-refractivity contribution in [2.75, 3.05) is 26.2 Å². The Kier molecular flexibility index (Phi) is 8.04. The molecule has 2 bridgehead atoms. The number of nitrogens with two attached hydrogens (primary N) is 1. The van der Waals surface area contributed by atoms with Gasteiger partial charge in [0.25, 0.3) is 5.91 Å². The predicted molar refractivity (Wildman–Crippen MR) is 127 cm³/mol. The first kappa shape index (κ1) is 24.2. The second-order valence-corrected chi connectivity index (χ2v) is 10.3. The maximum Gasteiger partial charge on any atom is 0.253 e. The second-order valence-electron chi connectivity index (χ2n) is 10.3. The van der Waals surface area contributed by atoms with Crippen LogP contribution in [0.15, 0.2) is 24.3 Å². The molecule has 7 heteroatoms. The van der Waals surface area contributed by atoms with Crippen molar-refractivity contribution in [3.05, 3.63) is 35.4 Å². The molecule has 2 saturated heterocycles. The highest BCUT2D eigenvalue weighted by atomic mass is 16.3. The van der Waals surface area contributed by atoms with Gasteiger partial charge in [-0.2, -0.15) is 0 Å². The molecule has 1 aromatic carbocycles. The van der Waals surface area contributed by atoms with Gasteiger partial charge in [0.1, 0.15) is 0 Å². The zero-order valence-corrected chi connectivity index (χ0v) is 19.6. The molecule has 1 aliphatic carbocycles. The summed E-state index contributed by atoms with van der Waals surface area (Å²) in [7, 11) is 0. The number of rotatable bonds is 9. The SMILES string of the molecule is NC(=O)c1cccc(C2CC3CCC(C2)N3CCN(CC2CCCCC2)C(=O)[C@@H](O)CO)c1. The number of carbonyl (C=O) groups excluding carboxylic acids is 2. The van der Waals surface area contributed by atoms with Crippen molar-refractivity contribution in [3.8, 4) is 0 Å². The van der Waals surface area contributed by atoms with Gasteiger partial charge in [0, 0.05) is 37.3 Å². The number of piperidine rings is 1. The van der Waals surface area contributed by atoms with Crippen LogP contribution in [0, 0.1) is 5.92 Å². The third-order valence-corrected chi connectivity index (χ3v) is 8.13. The molecule has 182 valence electrons. The molecule has 33 heavy (non-hydrogen) atoms. The Labute approximate surface area is 196 Å². The smallest absolute Gasteiger partial charge is 0.253 e. The summed E-state index contributed by atoms with van der Waals surface area (Å²) in [5, 5.41) is 19.3. The van der Waals surface area contributed by atoms with Gasteiger partial charge in [-0.25, -0.2) is 0 Å². The Morgan fingerprint density at radius 2 is 1.79 bits per heavy atom. The van der Waals surface area contributed by atoms with E-state index in [1.54, 1.807) is 11.0 Å². The van der Waals surface area contributed by atoms with Gasteiger partial charge in [0.2, 0.25) is 5.91 Å². The lowest BCUT2D eigenvalue weighted by atomic mass is 9.84. The molecule has 4 N–H and O–H groups in total. The number of aliphatic hydroxyl groups is 2. The molecule has 3 atom stereocenters. The molecule has 2 aliphatic heterocycles. The largest absolute Gasteiger partial charge is 0.393 e. The molecule has 7 nitrogen and oxygen atoms in total. The average molecular weight is 458 g/mol. The number of aliphatic hydroxyl groups excluding tert-OH is 2. The van der Waals surface area contributed by atoms with Crippen molar-refractivity contribution in [3.63, 3.8) is 0 Å². The minimum absolute atomic E-state index is 0.339. The van der Waals surface area contributed by atoms with Crippen LogP contribution in [0.1, 0.15) is 79.6 Å². The third kappa shape index (κ3) is 5.76. The van der Waals surface area contributed by atoms with Gasteiger partial charge in [0.05, 0.1) is 6.61 Å². The van der Waals surface area contributed by atoms with E-state index in [0.29, 0.717) is 42.6 Å². The molecule has 2 amide bonds. The number of hydrogen-bond donors (Lipinski definition) is 3. The normalized spacial score (nSPS) is 26.8. The quantitative estimate of drug-likeness (QED) is 0.527. The van der Waals surface area contributed by atoms with E-state index in [1.807, 2.05) is 12.1 Å². The van der Waals surface area contributed by atoms with Crippen LogP contribution in [0.4, 0.5) is 0 Å². The van der Waals surface area contributed by atoms with E-state index in [2.05, 4.69) is 11.0 Å². The lowest BCUT2D eigenvalue weighted by Gasteiger charge is -2.40. The molecule has 4 rings (SSSR count). The van der Waals surface area contributed by atoms with E-state index in [-0.39, 0.29) is 11.8 Å². The van der Waals surface area contributed by atoms with Crippen LogP contribution in [0.2, 0.25) is 0 Å². The van der Waals surface area contributed by atoms with Crippen molar-refractivity contribution < 1.29 is 19.8 Å². The number of benzene rings is 1. The summed E-state index contributed by atoms with van der Waals surface area (Å²) in [6, 6.07) is 8.69. The van der Waals surface area contributed by atoms with E-state index in [0.717, 1.165) is 45.1 Å². The molecular weight excluding hydrogens is 418 g/mol. The first-order valence-corrected chi connectivity index (χ1v) is 12.7. The molecular formula is C26H39N3O4. The topological polar surface area (TPSA) is 107 Å². The van der Waals surface area contributed by atoms with Gasteiger partial charge in [-0.3, -0.25) is 14.5 Å². The van der Waals surface area contributed by atoms with E-state index < -0.39 is 12.7 Å². The maximum absolute atomic E-state index is 12.8. The van der Waals surface area contributed by atoms with Crippen LogP contribution < -0.4 is 5.73 Å². The summed E-state index contributed by atoms with van der Waals surface area (Å²) >= 11 is 0. The fourth-order valence-electron chi connectivity index (χ4n) is 6.36. The third-order valence-electron chi connectivity index (χ3n) is 8.13. The summed E-state index contributed by atoms with van der Waals surface area (Å²) in [6.45, 7) is 1.56. The minimum Gasteiger partial charge on any atom is -0.393 e. The van der Waals surface area contributed by atoms with Crippen LogP contribution in [-0.2, 0) is 4.79 Å². The Morgan fingerprint density at radius 3 is 2.42 bits per heavy atom. The van der Waals surface area contributed by atoms with Crippen LogP contribution in [0.25, 0.3) is 0 Å². The molecule has 0 radical (unpaired) electrons. The number of fused-ring (bicyclic) bond motifs is 2. The number of primary amides is 1. The lowest BCUT2D eigenvalue weighted by Crippen LogP contribution is -2.50. The molecule has 0 spiro atoms. The van der Waals surface area contributed by atoms with E-state index >= 15 is 0 Å². The first-order chi connectivity index (χ1) is 16.0. The van der Waals surface area contributed by atoms with Crippen LogP contribution in [-0.4, -0.2) is 76.3 Å². The van der Waals surface area contributed by atoms with Gasteiger partial charge in [0.15, 0.2) is 6.10 Å². The van der Waals surface area contributed by atoms with Crippen LogP contribution in [0.3, 0.4) is 0 Å². The fourth-order valence-corrected chi connectivity index (χ4v) is 6.36. The van der Waals surface area contributed by atoms with E-state index in [4.69, 9.17) is 5.73 Å². The number of amides is 2. The van der Waals surface area contributed by atoms with Crippen molar-refractivity contribution in [1.82, 2.24) is 9.80 Å². The highest BCUT2D eigenvalue weighted by Crippen LogP contribution is 2.43. The summed E-state index contributed by atoms with van der Waals surface area (Å²) in [5.41, 5.74) is 7.25. The van der Waals surface area contributed by atoms with Crippen molar-refractivity contribution in [2.24, 2.45) is 11.7 Å². The molecule has 2 unspecified atom stereocenters. The van der Waals surface area contributed by atoms with Crippen LogP contribution >= 0.6 is 0 Å². The zero-order valence-electron chi connectivity index (χ0n) is 19.6.